The van der Waals surface area contributed by atoms with E-state index in [9.17, 15) is 4.79 Å². The maximum atomic E-state index is 12.9. The van der Waals surface area contributed by atoms with Gasteiger partial charge in [0.25, 0.3) is 5.91 Å². The van der Waals surface area contributed by atoms with Gasteiger partial charge in [-0.1, -0.05) is 49.4 Å². The van der Waals surface area contributed by atoms with Gasteiger partial charge in [-0.05, 0) is 47.7 Å². The number of carbonyl (C=O) groups is 1. The minimum Gasteiger partial charge on any atom is -0.339 e. The smallest absolute Gasteiger partial charge is 0.253 e. The Labute approximate surface area is 170 Å². The molecule has 2 aromatic carbocycles. The molecule has 0 saturated carbocycles. The fraction of sp³-hybridized carbons (Fsp3) is 0.200. The standard InChI is InChI=1S/C25H23N3O/c1-17-10-11-28(16-17)25(29)20-9-5-8-19(12-20)22-13-21-14-23(27-24(21)26-15-22)18-6-3-2-4-7-18/h2-9,12-15,17H,10-11,16H2,1H3,(H,26,27)/t17-/m0/s1. The van der Waals surface area contributed by atoms with Gasteiger partial charge < -0.3 is 9.88 Å². The van der Waals surface area contributed by atoms with E-state index in [-0.39, 0.29) is 5.91 Å². The molecule has 5 rings (SSSR count). The van der Waals surface area contributed by atoms with Crippen molar-refractivity contribution in [3.8, 4) is 22.4 Å². The van der Waals surface area contributed by atoms with Crippen molar-refractivity contribution < 1.29 is 4.79 Å². The second kappa shape index (κ2) is 7.21. The summed E-state index contributed by atoms with van der Waals surface area (Å²) in [6.07, 6.45) is 2.96. The first-order valence-corrected chi connectivity index (χ1v) is 10.1. The van der Waals surface area contributed by atoms with E-state index in [1.807, 2.05) is 53.6 Å². The molecule has 1 saturated heterocycles. The summed E-state index contributed by atoms with van der Waals surface area (Å²) in [4.78, 5) is 22.8. The lowest BCUT2D eigenvalue weighted by molar-refractivity contribution is 0.0788. The lowest BCUT2D eigenvalue weighted by atomic mass is 10.0. The number of H-pyrrole nitrogens is 1. The Morgan fingerprint density at radius 1 is 1.00 bits per heavy atom. The lowest BCUT2D eigenvalue weighted by Crippen LogP contribution is -2.28. The zero-order valence-corrected chi connectivity index (χ0v) is 16.4. The topological polar surface area (TPSA) is 49.0 Å². The number of aromatic nitrogens is 2. The molecule has 144 valence electrons. The second-order valence-electron chi connectivity index (χ2n) is 7.94. The molecule has 0 unspecified atom stereocenters. The summed E-state index contributed by atoms with van der Waals surface area (Å²) >= 11 is 0. The highest BCUT2D eigenvalue weighted by molar-refractivity contribution is 5.96. The number of nitrogens with zero attached hydrogens (tertiary/aromatic N) is 2. The Morgan fingerprint density at radius 3 is 2.62 bits per heavy atom. The lowest BCUT2D eigenvalue weighted by Gasteiger charge is -2.16. The van der Waals surface area contributed by atoms with Gasteiger partial charge in [0.1, 0.15) is 5.65 Å². The molecular formula is C25H23N3O. The zero-order valence-electron chi connectivity index (χ0n) is 16.4. The van der Waals surface area contributed by atoms with Crippen molar-refractivity contribution in [3.63, 3.8) is 0 Å². The molecule has 2 aromatic heterocycles. The zero-order chi connectivity index (χ0) is 19.8. The molecule has 1 atom stereocenters. The maximum absolute atomic E-state index is 12.9. The summed E-state index contributed by atoms with van der Waals surface area (Å²) in [5.74, 6) is 0.708. The largest absolute Gasteiger partial charge is 0.339 e. The molecule has 0 radical (unpaired) electrons. The van der Waals surface area contributed by atoms with Gasteiger partial charge in [-0.2, -0.15) is 0 Å². The van der Waals surface area contributed by atoms with Crippen molar-refractivity contribution in [2.24, 2.45) is 5.92 Å². The van der Waals surface area contributed by atoms with Crippen LogP contribution in [0.1, 0.15) is 23.7 Å². The first-order valence-electron chi connectivity index (χ1n) is 10.1. The van der Waals surface area contributed by atoms with E-state index >= 15 is 0 Å². The van der Waals surface area contributed by atoms with Gasteiger partial charge in [-0.3, -0.25) is 4.79 Å². The van der Waals surface area contributed by atoms with Gasteiger partial charge in [0.15, 0.2) is 0 Å². The van der Waals surface area contributed by atoms with Crippen molar-refractivity contribution in [3.05, 3.63) is 78.5 Å². The molecule has 3 heterocycles. The fourth-order valence-electron chi connectivity index (χ4n) is 4.08. The molecule has 4 nitrogen and oxygen atoms in total. The highest BCUT2D eigenvalue weighted by Gasteiger charge is 2.24. The maximum Gasteiger partial charge on any atom is 0.253 e. The monoisotopic (exact) mass is 381 g/mol. The molecule has 1 aliphatic heterocycles. The minimum atomic E-state index is 0.123. The van der Waals surface area contributed by atoms with Crippen molar-refractivity contribution in [1.29, 1.82) is 0 Å². The van der Waals surface area contributed by atoms with Crippen LogP contribution in [0.3, 0.4) is 0 Å². The molecule has 1 fully saturated rings. The van der Waals surface area contributed by atoms with Gasteiger partial charge >= 0.3 is 0 Å². The van der Waals surface area contributed by atoms with Crippen LogP contribution in [0.5, 0.6) is 0 Å². The number of hydrogen-bond acceptors (Lipinski definition) is 2. The van der Waals surface area contributed by atoms with Crippen LogP contribution in [-0.2, 0) is 0 Å². The van der Waals surface area contributed by atoms with E-state index < -0.39 is 0 Å². The first-order chi connectivity index (χ1) is 14.2. The Morgan fingerprint density at radius 2 is 1.83 bits per heavy atom. The number of rotatable bonds is 3. The second-order valence-corrected chi connectivity index (χ2v) is 7.94. The highest BCUT2D eigenvalue weighted by Crippen LogP contribution is 2.28. The minimum absolute atomic E-state index is 0.123. The molecule has 1 N–H and O–H groups in total. The van der Waals surface area contributed by atoms with E-state index in [0.29, 0.717) is 5.92 Å². The van der Waals surface area contributed by atoms with Crippen LogP contribution in [0, 0.1) is 5.92 Å². The van der Waals surface area contributed by atoms with Crippen molar-refractivity contribution in [2.45, 2.75) is 13.3 Å². The molecule has 0 bridgehead atoms. The van der Waals surface area contributed by atoms with Crippen LogP contribution < -0.4 is 0 Å². The highest BCUT2D eigenvalue weighted by atomic mass is 16.2. The Hall–Kier alpha value is -3.40. The van der Waals surface area contributed by atoms with Gasteiger partial charge in [0, 0.05) is 41.5 Å². The molecular weight excluding hydrogens is 358 g/mol. The number of pyridine rings is 1. The third kappa shape index (κ3) is 3.42. The predicted octanol–water partition coefficient (Wildman–Crippen LogP) is 5.38. The van der Waals surface area contributed by atoms with Crippen LogP contribution in [0.4, 0.5) is 0 Å². The normalized spacial score (nSPS) is 16.4. The number of amides is 1. The summed E-state index contributed by atoms with van der Waals surface area (Å²) in [6.45, 7) is 3.90. The Bertz CT molecular complexity index is 1180. The number of fused-ring (bicyclic) bond motifs is 1. The summed E-state index contributed by atoms with van der Waals surface area (Å²) in [6, 6.07) is 22.4. The number of hydrogen-bond donors (Lipinski definition) is 1. The number of nitrogens with one attached hydrogen (secondary N) is 1. The van der Waals surface area contributed by atoms with Gasteiger partial charge in [-0.25, -0.2) is 4.98 Å². The third-order valence-electron chi connectivity index (χ3n) is 5.71. The summed E-state index contributed by atoms with van der Waals surface area (Å²) < 4.78 is 0. The quantitative estimate of drug-likeness (QED) is 0.518. The van der Waals surface area contributed by atoms with Crippen molar-refractivity contribution >= 4 is 16.9 Å². The van der Waals surface area contributed by atoms with Gasteiger partial charge in [-0.15, -0.1) is 0 Å². The number of aromatic amines is 1. The molecule has 1 amide bonds. The van der Waals surface area contributed by atoms with E-state index in [1.165, 1.54) is 0 Å². The summed E-state index contributed by atoms with van der Waals surface area (Å²) in [5.41, 5.74) is 5.83. The molecule has 1 aliphatic rings. The fourth-order valence-corrected chi connectivity index (χ4v) is 4.08. The van der Waals surface area contributed by atoms with E-state index in [2.05, 4.69) is 41.2 Å². The average molecular weight is 381 g/mol. The number of likely N-dealkylation sites (tertiary alicyclic amines) is 1. The van der Waals surface area contributed by atoms with Crippen LogP contribution in [-0.4, -0.2) is 33.9 Å². The molecule has 4 aromatic rings. The first kappa shape index (κ1) is 17.7. The molecule has 4 heteroatoms. The van der Waals surface area contributed by atoms with Crippen LogP contribution in [0.25, 0.3) is 33.4 Å². The Balaban J connectivity index is 1.47. The van der Waals surface area contributed by atoms with Crippen LogP contribution in [0.15, 0.2) is 72.9 Å². The summed E-state index contributed by atoms with van der Waals surface area (Å²) in [7, 11) is 0. The predicted molar refractivity (Wildman–Crippen MR) is 117 cm³/mol. The molecule has 0 spiro atoms. The van der Waals surface area contributed by atoms with E-state index in [4.69, 9.17) is 0 Å². The molecule has 29 heavy (non-hydrogen) atoms. The summed E-state index contributed by atoms with van der Waals surface area (Å²) in [5, 5.41) is 1.06. The van der Waals surface area contributed by atoms with Crippen molar-refractivity contribution in [1.82, 2.24) is 14.9 Å². The SMILES string of the molecule is C[C@H]1CCN(C(=O)c2cccc(-c3cnc4[nH]c(-c5ccccc5)cc4c3)c2)C1. The van der Waals surface area contributed by atoms with Crippen LogP contribution in [0.2, 0.25) is 0 Å². The van der Waals surface area contributed by atoms with Gasteiger partial charge in [0.05, 0.1) is 0 Å². The van der Waals surface area contributed by atoms with Crippen LogP contribution >= 0.6 is 0 Å². The molecule has 0 aliphatic carbocycles. The number of carbonyl (C=O) groups excluding carboxylic acids is 1. The van der Waals surface area contributed by atoms with E-state index in [1.54, 1.807) is 0 Å². The number of benzene rings is 2. The van der Waals surface area contributed by atoms with E-state index in [0.717, 1.165) is 58.5 Å². The Kier molecular flexibility index (Phi) is 4.39. The van der Waals surface area contributed by atoms with Crippen molar-refractivity contribution in [2.75, 3.05) is 13.1 Å². The average Bonchev–Trinajstić information content (AvgIpc) is 3.39. The third-order valence-corrected chi connectivity index (χ3v) is 5.71. The van der Waals surface area contributed by atoms with Gasteiger partial charge in [0.2, 0.25) is 0 Å².